The van der Waals surface area contributed by atoms with Crippen LogP contribution < -0.4 is 5.32 Å². The summed E-state index contributed by atoms with van der Waals surface area (Å²) in [5.74, 6) is -1.78. The lowest BCUT2D eigenvalue weighted by molar-refractivity contribution is -0.138. The Morgan fingerprint density at radius 2 is 1.54 bits per heavy atom. The monoisotopic (exact) mass is 398 g/mol. The highest BCUT2D eigenvalue weighted by Crippen LogP contribution is 2.21. The van der Waals surface area contributed by atoms with Gasteiger partial charge in [0, 0.05) is 38.4 Å². The fraction of sp³-hybridized carbons (Fsp3) is 0.833. The molecule has 1 heterocycles. The molecule has 0 aromatic rings. The molecule has 1 atom stereocenters. The van der Waals surface area contributed by atoms with Crippen LogP contribution in [0.1, 0.15) is 26.2 Å². The minimum absolute atomic E-state index is 0.00978. The number of amides is 3. The lowest BCUT2D eigenvalue weighted by Gasteiger charge is -2.14. The predicted octanol–water partition coefficient (Wildman–Crippen LogP) is -0.315. The summed E-state index contributed by atoms with van der Waals surface area (Å²) in [6.45, 7) is 6.60. The summed E-state index contributed by atoms with van der Waals surface area (Å²) in [5.41, 5.74) is 0. The van der Waals surface area contributed by atoms with Gasteiger partial charge in [-0.3, -0.25) is 19.3 Å². The third-order valence-electron chi connectivity index (χ3n) is 3.87. The van der Waals surface area contributed by atoms with Crippen molar-refractivity contribution in [3.05, 3.63) is 0 Å². The lowest BCUT2D eigenvalue weighted by Crippen LogP contribution is -2.35. The van der Waals surface area contributed by atoms with Crippen molar-refractivity contribution >= 4 is 25.6 Å². The molecule has 1 unspecified atom stereocenters. The lowest BCUT2D eigenvalue weighted by atomic mass is 9.86. The van der Waals surface area contributed by atoms with Crippen LogP contribution in [0.3, 0.4) is 0 Å². The zero-order valence-corrected chi connectivity index (χ0v) is 16.7. The van der Waals surface area contributed by atoms with E-state index in [-0.39, 0.29) is 31.2 Å². The third kappa shape index (κ3) is 10.7. The molecule has 1 aliphatic heterocycles. The predicted molar refractivity (Wildman–Crippen MR) is 102 cm³/mol. The topological polar surface area (TPSA) is 103 Å². The highest BCUT2D eigenvalue weighted by molar-refractivity contribution is 6.29. The third-order valence-corrected chi connectivity index (χ3v) is 3.87. The van der Waals surface area contributed by atoms with E-state index in [9.17, 15) is 14.4 Å². The average Bonchev–Trinajstić information content (AvgIpc) is 2.92. The van der Waals surface area contributed by atoms with Crippen molar-refractivity contribution in [1.29, 1.82) is 0 Å². The van der Waals surface area contributed by atoms with Gasteiger partial charge in [-0.15, -0.1) is 0 Å². The number of carbonyl (C=O) groups is 3. The molecule has 0 bridgehead atoms. The van der Waals surface area contributed by atoms with Crippen LogP contribution in [-0.4, -0.2) is 96.4 Å². The van der Waals surface area contributed by atoms with Crippen LogP contribution in [0.2, 0.25) is 5.82 Å². The number of imide groups is 1. The largest absolute Gasteiger partial charge is 0.379 e. The normalized spacial score (nSPS) is 16.8. The van der Waals surface area contributed by atoms with Crippen LogP contribution in [0, 0.1) is 0 Å². The van der Waals surface area contributed by atoms with Crippen LogP contribution in [0.25, 0.3) is 0 Å². The average molecular weight is 398 g/mol. The molecule has 28 heavy (non-hydrogen) atoms. The molecule has 1 N–H and O–H groups in total. The maximum absolute atomic E-state index is 11.7. The smallest absolute Gasteiger partial charge is 0.229 e. The molecule has 1 saturated heterocycles. The van der Waals surface area contributed by atoms with Gasteiger partial charge in [-0.05, 0) is 6.42 Å². The molecule has 9 nitrogen and oxygen atoms in total. The van der Waals surface area contributed by atoms with Crippen LogP contribution in [0.15, 0.2) is 0 Å². The quantitative estimate of drug-likeness (QED) is 0.204. The Morgan fingerprint density at radius 1 is 1.00 bits per heavy atom. The van der Waals surface area contributed by atoms with Gasteiger partial charge in [0.1, 0.15) is 0 Å². The van der Waals surface area contributed by atoms with Crippen LogP contribution in [0.4, 0.5) is 0 Å². The number of nitrogens with one attached hydrogen (secondary N) is 1. The Kier molecular flexibility index (Phi) is 13.5. The molecule has 1 fully saturated rings. The fourth-order valence-electron chi connectivity index (χ4n) is 2.41. The number of carbonyl (C=O) groups excluding carboxylic acids is 3. The molecule has 1 aliphatic rings. The summed E-state index contributed by atoms with van der Waals surface area (Å²) in [6, 6.07) is 0. The van der Waals surface area contributed by atoms with E-state index in [1.165, 1.54) is 0 Å². The van der Waals surface area contributed by atoms with E-state index in [1.807, 2.05) is 0 Å². The summed E-state index contributed by atoms with van der Waals surface area (Å²) in [4.78, 5) is 35.9. The van der Waals surface area contributed by atoms with E-state index in [0.717, 1.165) is 17.9 Å². The Bertz CT molecular complexity index is 479. The number of likely N-dealkylation sites (tertiary alicyclic amines) is 1. The highest BCUT2D eigenvalue weighted by atomic mass is 16.6. The first-order valence-corrected chi connectivity index (χ1v) is 9.73. The molecule has 10 heteroatoms. The maximum Gasteiger partial charge on any atom is 0.229 e. The molecule has 0 spiro atoms. The number of hydrogen-bond acceptors (Lipinski definition) is 7. The zero-order chi connectivity index (χ0) is 20.6. The van der Waals surface area contributed by atoms with E-state index in [2.05, 4.69) is 12.2 Å². The van der Waals surface area contributed by atoms with E-state index < -0.39 is 11.7 Å². The van der Waals surface area contributed by atoms with Gasteiger partial charge in [0.2, 0.25) is 17.7 Å². The Balaban J connectivity index is 1.85. The first-order chi connectivity index (χ1) is 13.6. The van der Waals surface area contributed by atoms with E-state index in [1.54, 1.807) is 0 Å². The van der Waals surface area contributed by atoms with Crippen molar-refractivity contribution in [1.82, 2.24) is 10.2 Å². The molecular formula is C18H31BN2O7. The van der Waals surface area contributed by atoms with Crippen molar-refractivity contribution in [2.24, 2.45) is 0 Å². The van der Waals surface area contributed by atoms with Gasteiger partial charge >= 0.3 is 0 Å². The first-order valence-electron chi connectivity index (χ1n) is 9.73. The summed E-state index contributed by atoms with van der Waals surface area (Å²) in [5, 5.41) is 2.67. The van der Waals surface area contributed by atoms with Crippen LogP contribution >= 0.6 is 0 Å². The molecule has 158 valence electrons. The summed E-state index contributed by atoms with van der Waals surface area (Å²) >= 11 is 0. The van der Waals surface area contributed by atoms with Crippen molar-refractivity contribution in [2.75, 3.05) is 65.9 Å². The molecule has 0 saturated carbocycles. The van der Waals surface area contributed by atoms with Crippen molar-refractivity contribution in [2.45, 2.75) is 32.0 Å². The molecule has 3 amide bonds. The van der Waals surface area contributed by atoms with E-state index in [0.29, 0.717) is 52.8 Å². The van der Waals surface area contributed by atoms with Gasteiger partial charge in [-0.2, -0.15) is 0 Å². The van der Waals surface area contributed by atoms with Gasteiger partial charge in [-0.25, -0.2) is 0 Å². The second-order valence-corrected chi connectivity index (χ2v) is 6.24. The Hall–Kier alpha value is -1.49. The van der Waals surface area contributed by atoms with Crippen molar-refractivity contribution < 1.29 is 33.3 Å². The minimum Gasteiger partial charge on any atom is -0.379 e. The van der Waals surface area contributed by atoms with E-state index in [4.69, 9.17) is 26.8 Å². The van der Waals surface area contributed by atoms with Crippen LogP contribution in [0.5, 0.6) is 0 Å². The molecule has 0 aromatic carbocycles. The van der Waals surface area contributed by atoms with Gasteiger partial charge < -0.3 is 24.3 Å². The second kappa shape index (κ2) is 15.4. The Morgan fingerprint density at radius 3 is 2.04 bits per heavy atom. The van der Waals surface area contributed by atoms with Gasteiger partial charge in [0.25, 0.3) is 0 Å². The number of nitrogens with zero attached hydrogens (tertiary/aromatic N) is 1. The fourth-order valence-corrected chi connectivity index (χ4v) is 2.41. The van der Waals surface area contributed by atoms with Gasteiger partial charge in [0.15, 0.2) is 0 Å². The highest BCUT2D eigenvalue weighted by Gasteiger charge is 2.34. The minimum atomic E-state index is -0.780. The van der Waals surface area contributed by atoms with Gasteiger partial charge in [-0.1, -0.05) is 6.92 Å². The first kappa shape index (κ1) is 24.6. The number of ether oxygens (including phenoxy) is 4. The molecule has 0 aliphatic carbocycles. The summed E-state index contributed by atoms with van der Waals surface area (Å²) in [7, 11) is 5.51. The molecule has 0 aromatic heterocycles. The van der Waals surface area contributed by atoms with Crippen molar-refractivity contribution in [3.8, 4) is 0 Å². The SMILES string of the molecule is [B]C1CC(=O)N(CCC(=O)NCCOCCOCCOCCOCCC)C1=O. The standard InChI is InChI=1S/C18H31BN2O7/c1-2-6-25-8-10-27-12-13-28-11-9-26-7-4-20-16(22)3-5-21-17(23)14-15(19)18(21)24/h15H,2-14H2,1H3,(H,20,22). The summed E-state index contributed by atoms with van der Waals surface area (Å²) in [6.07, 6.45) is 1.06. The van der Waals surface area contributed by atoms with Crippen LogP contribution in [-0.2, 0) is 33.3 Å². The van der Waals surface area contributed by atoms with Crippen molar-refractivity contribution in [3.63, 3.8) is 0 Å². The van der Waals surface area contributed by atoms with Gasteiger partial charge in [0.05, 0.1) is 54.1 Å². The molecular weight excluding hydrogens is 367 g/mol. The maximum atomic E-state index is 11.7. The Labute approximate surface area is 167 Å². The number of rotatable bonds is 17. The summed E-state index contributed by atoms with van der Waals surface area (Å²) < 4.78 is 21.3. The molecule has 2 radical (unpaired) electrons. The number of hydrogen-bond donors (Lipinski definition) is 1. The second-order valence-electron chi connectivity index (χ2n) is 6.24. The van der Waals surface area contributed by atoms with E-state index >= 15 is 0 Å². The molecule has 1 rings (SSSR count). The zero-order valence-electron chi connectivity index (χ0n) is 16.7.